The lowest BCUT2D eigenvalue weighted by atomic mass is 10.4. The first-order valence-corrected chi connectivity index (χ1v) is 3.66. The number of H-pyrrole nitrogens is 1. The van der Waals surface area contributed by atoms with Crippen LogP contribution in [0.2, 0.25) is 0 Å². The normalized spacial score (nSPS) is 10.6. The summed E-state index contributed by atoms with van der Waals surface area (Å²) in [6, 6.07) is 0. The maximum atomic E-state index is 13.1. The van der Waals surface area contributed by atoms with E-state index in [1.54, 1.807) is 7.05 Å². The molecule has 0 aliphatic rings. The number of hydrogen-bond donors (Lipinski definition) is 2. The van der Waals surface area contributed by atoms with Crippen molar-refractivity contribution < 1.29 is 4.39 Å². The average Bonchev–Trinajstić information content (AvgIpc) is 2.44. The molecule has 2 N–H and O–H groups in total. The molecule has 5 nitrogen and oxygen atoms in total. The number of hydrogen-bond acceptors (Lipinski definition) is 3. The Bertz CT molecular complexity index is 501. The molecular weight excluding hydrogens is 175 g/mol. The van der Waals surface area contributed by atoms with Gasteiger partial charge in [0.2, 0.25) is 0 Å². The van der Waals surface area contributed by atoms with E-state index in [2.05, 4.69) is 15.4 Å². The van der Waals surface area contributed by atoms with E-state index in [-0.39, 0.29) is 11.0 Å². The number of aromatic nitrogens is 3. The van der Waals surface area contributed by atoms with Gasteiger partial charge in [0.1, 0.15) is 5.39 Å². The molecule has 0 radical (unpaired) electrons. The monoisotopic (exact) mass is 182 g/mol. The Hall–Kier alpha value is -1.85. The zero-order valence-corrected chi connectivity index (χ0v) is 6.84. The zero-order chi connectivity index (χ0) is 9.42. The van der Waals surface area contributed by atoms with Gasteiger partial charge in [0, 0.05) is 7.05 Å². The van der Waals surface area contributed by atoms with Gasteiger partial charge < -0.3 is 10.4 Å². The van der Waals surface area contributed by atoms with Crippen LogP contribution in [0.25, 0.3) is 11.0 Å². The van der Waals surface area contributed by atoms with Crippen LogP contribution < -0.4 is 11.0 Å². The van der Waals surface area contributed by atoms with Crippen molar-refractivity contribution in [2.75, 3.05) is 12.5 Å². The van der Waals surface area contributed by atoms with Crippen molar-refractivity contribution in [3.63, 3.8) is 0 Å². The molecule has 0 saturated carbocycles. The maximum Gasteiger partial charge on any atom is 0.263 e. The van der Waals surface area contributed by atoms with Gasteiger partial charge in [-0.15, -0.1) is 0 Å². The molecule has 13 heavy (non-hydrogen) atoms. The van der Waals surface area contributed by atoms with Crippen molar-refractivity contribution >= 4 is 11.0 Å². The molecule has 68 valence electrons. The van der Waals surface area contributed by atoms with E-state index in [4.69, 9.17) is 0 Å². The quantitative estimate of drug-likeness (QED) is 0.654. The van der Waals surface area contributed by atoms with E-state index in [0.717, 1.165) is 0 Å². The summed E-state index contributed by atoms with van der Waals surface area (Å²) < 4.78 is 14.5. The third-order valence-electron chi connectivity index (χ3n) is 1.78. The Morgan fingerprint density at radius 1 is 1.69 bits per heavy atom. The summed E-state index contributed by atoms with van der Waals surface area (Å²) in [5, 5.41) is -0.0307. The van der Waals surface area contributed by atoms with Crippen LogP contribution in [0.1, 0.15) is 0 Å². The molecule has 2 heterocycles. The highest BCUT2D eigenvalue weighted by atomic mass is 19.1. The van der Waals surface area contributed by atoms with Gasteiger partial charge in [0.05, 0.1) is 12.5 Å². The molecule has 2 aromatic rings. The molecule has 6 heteroatoms. The highest BCUT2D eigenvalue weighted by Gasteiger charge is 2.11. The number of rotatable bonds is 1. The Labute approximate surface area is 72.2 Å². The van der Waals surface area contributed by atoms with Gasteiger partial charge in [-0.3, -0.25) is 4.79 Å². The zero-order valence-electron chi connectivity index (χ0n) is 6.84. The topological polar surface area (TPSA) is 62.7 Å². The lowest BCUT2D eigenvalue weighted by molar-refractivity contribution is 0.633. The minimum atomic E-state index is -0.585. The molecule has 0 bridgehead atoms. The van der Waals surface area contributed by atoms with Crippen molar-refractivity contribution in [2.45, 2.75) is 0 Å². The molecular formula is C7H7FN4O. The summed E-state index contributed by atoms with van der Waals surface area (Å²) in [4.78, 5) is 17.3. The Balaban J connectivity index is 2.96. The smallest absolute Gasteiger partial charge is 0.263 e. The third-order valence-corrected chi connectivity index (χ3v) is 1.78. The summed E-state index contributed by atoms with van der Waals surface area (Å²) in [6.07, 6.45) is 2.41. The fraction of sp³-hybridized carbons (Fsp3) is 0.143. The molecule has 2 rings (SSSR count). The molecule has 0 saturated heterocycles. The van der Waals surface area contributed by atoms with Crippen LogP contribution in [0, 0.1) is 5.82 Å². The van der Waals surface area contributed by atoms with Gasteiger partial charge in [-0.2, -0.15) is 0 Å². The SMILES string of the molecule is CNn1cc(F)c2c(=O)[nH]cnc21. The summed E-state index contributed by atoms with van der Waals surface area (Å²) >= 11 is 0. The highest BCUT2D eigenvalue weighted by Crippen LogP contribution is 2.10. The predicted octanol–water partition coefficient (Wildman–Crippen LogP) is 0.0370. The number of nitrogens with one attached hydrogen (secondary N) is 2. The summed E-state index contributed by atoms with van der Waals surface area (Å²) in [5.74, 6) is -0.585. The molecule has 0 spiro atoms. The van der Waals surface area contributed by atoms with Crippen LogP contribution in [-0.4, -0.2) is 21.7 Å². The van der Waals surface area contributed by atoms with Crippen LogP contribution in [0.4, 0.5) is 4.39 Å². The Morgan fingerprint density at radius 2 is 2.46 bits per heavy atom. The summed E-state index contributed by atoms with van der Waals surface area (Å²) in [6.45, 7) is 0. The van der Waals surface area contributed by atoms with Gasteiger partial charge in [-0.25, -0.2) is 14.1 Å². The van der Waals surface area contributed by atoms with Gasteiger partial charge in [-0.05, 0) is 0 Å². The van der Waals surface area contributed by atoms with Gasteiger partial charge in [-0.1, -0.05) is 0 Å². The van der Waals surface area contributed by atoms with E-state index in [0.29, 0.717) is 0 Å². The first kappa shape index (κ1) is 7.78. The van der Waals surface area contributed by atoms with Crippen LogP contribution in [0.3, 0.4) is 0 Å². The van der Waals surface area contributed by atoms with Crippen molar-refractivity contribution in [1.82, 2.24) is 14.6 Å². The molecule has 0 aliphatic heterocycles. The van der Waals surface area contributed by atoms with E-state index in [1.165, 1.54) is 17.2 Å². The second-order valence-electron chi connectivity index (χ2n) is 2.50. The standard InChI is InChI=1S/C7H7FN4O/c1-9-12-2-4(8)5-6(12)10-3-11-7(5)13/h2-3,9H,1H3,(H,10,11,13). The Kier molecular flexibility index (Phi) is 1.54. The van der Waals surface area contributed by atoms with Crippen LogP contribution in [-0.2, 0) is 0 Å². The first-order valence-electron chi connectivity index (χ1n) is 3.66. The van der Waals surface area contributed by atoms with Crippen molar-refractivity contribution in [3.05, 3.63) is 28.7 Å². The van der Waals surface area contributed by atoms with Gasteiger partial charge in [0.15, 0.2) is 11.5 Å². The number of aromatic amines is 1. The Morgan fingerprint density at radius 3 is 3.15 bits per heavy atom. The molecule has 0 fully saturated rings. The van der Waals surface area contributed by atoms with E-state index < -0.39 is 11.4 Å². The number of halogens is 1. The molecule has 0 atom stereocenters. The van der Waals surface area contributed by atoms with E-state index in [1.807, 2.05) is 0 Å². The van der Waals surface area contributed by atoms with Gasteiger partial charge in [0.25, 0.3) is 5.56 Å². The van der Waals surface area contributed by atoms with Crippen LogP contribution >= 0.6 is 0 Å². The van der Waals surface area contributed by atoms with Crippen molar-refractivity contribution in [2.24, 2.45) is 0 Å². The molecule has 2 aromatic heterocycles. The molecule has 0 unspecified atom stereocenters. The number of nitrogens with zero attached hydrogens (tertiary/aromatic N) is 2. The fourth-order valence-electron chi connectivity index (χ4n) is 1.20. The summed E-state index contributed by atoms with van der Waals surface area (Å²) in [5.41, 5.74) is 2.49. The summed E-state index contributed by atoms with van der Waals surface area (Å²) in [7, 11) is 1.61. The maximum absolute atomic E-state index is 13.1. The minimum absolute atomic E-state index is 0.0307. The van der Waals surface area contributed by atoms with E-state index in [9.17, 15) is 9.18 Å². The first-order chi connectivity index (χ1) is 6.24. The molecule has 0 aromatic carbocycles. The predicted molar refractivity (Wildman–Crippen MR) is 45.6 cm³/mol. The van der Waals surface area contributed by atoms with E-state index >= 15 is 0 Å². The molecule has 0 aliphatic carbocycles. The minimum Gasteiger partial charge on any atom is -0.327 e. The van der Waals surface area contributed by atoms with Crippen LogP contribution in [0.5, 0.6) is 0 Å². The lowest BCUT2D eigenvalue weighted by Gasteiger charge is -1.99. The number of fused-ring (bicyclic) bond motifs is 1. The second kappa shape index (κ2) is 2.58. The fourth-order valence-corrected chi connectivity index (χ4v) is 1.20. The largest absolute Gasteiger partial charge is 0.327 e. The third kappa shape index (κ3) is 0.986. The highest BCUT2D eigenvalue weighted by molar-refractivity contribution is 5.75. The lowest BCUT2D eigenvalue weighted by Crippen LogP contribution is -2.11. The van der Waals surface area contributed by atoms with Gasteiger partial charge >= 0.3 is 0 Å². The van der Waals surface area contributed by atoms with Crippen molar-refractivity contribution in [1.29, 1.82) is 0 Å². The molecule has 0 amide bonds. The van der Waals surface area contributed by atoms with Crippen LogP contribution in [0.15, 0.2) is 17.3 Å². The second-order valence-corrected chi connectivity index (χ2v) is 2.50. The van der Waals surface area contributed by atoms with Crippen molar-refractivity contribution in [3.8, 4) is 0 Å². The average molecular weight is 182 g/mol.